The molecule has 0 atom stereocenters. The first-order chi connectivity index (χ1) is 12.6. The molecular weight excluding hydrogens is 435 g/mol. The van der Waals surface area contributed by atoms with Crippen molar-refractivity contribution >= 4 is 62.2 Å². The van der Waals surface area contributed by atoms with Gasteiger partial charge in [0, 0.05) is 10.6 Å². The zero-order valence-corrected chi connectivity index (χ0v) is 16.5. The van der Waals surface area contributed by atoms with Gasteiger partial charge in [0.15, 0.2) is 0 Å². The van der Waals surface area contributed by atoms with E-state index in [2.05, 4.69) is 0 Å². The number of benzene rings is 2. The van der Waals surface area contributed by atoms with Crippen LogP contribution < -0.4 is 5.14 Å². The zero-order chi connectivity index (χ0) is 19.9. The number of nitrogens with zero attached hydrogens (tertiary/aromatic N) is 1. The van der Waals surface area contributed by atoms with Gasteiger partial charge in [0.2, 0.25) is 10.0 Å². The van der Waals surface area contributed by atoms with Crippen molar-refractivity contribution in [2.75, 3.05) is 0 Å². The number of primary sulfonamides is 1. The Morgan fingerprint density at radius 1 is 0.926 bits per heavy atom. The third-order valence-corrected chi connectivity index (χ3v) is 5.73. The maximum absolute atomic E-state index is 12.7. The molecular formula is C17H11Cl3N2O4S. The number of rotatable bonds is 4. The molecule has 2 amide bonds. The van der Waals surface area contributed by atoms with Crippen LogP contribution in [0.25, 0.3) is 5.57 Å². The van der Waals surface area contributed by atoms with Gasteiger partial charge in [-0.05, 0) is 29.8 Å². The smallest absolute Gasteiger partial charge is 0.269 e. The highest BCUT2D eigenvalue weighted by Gasteiger charge is 2.38. The van der Waals surface area contributed by atoms with Crippen molar-refractivity contribution in [3.8, 4) is 0 Å². The molecule has 1 heterocycles. The molecule has 1 aliphatic rings. The van der Waals surface area contributed by atoms with Crippen LogP contribution in [0.15, 0.2) is 52.4 Å². The molecule has 2 aromatic carbocycles. The molecule has 27 heavy (non-hydrogen) atoms. The number of nitrogens with two attached hydrogens (primary N) is 1. The number of sulfonamides is 1. The summed E-state index contributed by atoms with van der Waals surface area (Å²) in [7, 11) is -3.83. The molecule has 0 aromatic heterocycles. The predicted octanol–water partition coefficient (Wildman–Crippen LogP) is 3.16. The van der Waals surface area contributed by atoms with Crippen LogP contribution in [0.5, 0.6) is 0 Å². The van der Waals surface area contributed by atoms with Gasteiger partial charge in [-0.15, -0.1) is 0 Å². The third kappa shape index (κ3) is 3.88. The zero-order valence-electron chi connectivity index (χ0n) is 13.4. The molecule has 0 spiro atoms. The van der Waals surface area contributed by atoms with Gasteiger partial charge in [0.1, 0.15) is 5.03 Å². The lowest BCUT2D eigenvalue weighted by Gasteiger charge is -2.15. The number of imide groups is 1. The van der Waals surface area contributed by atoms with E-state index in [0.29, 0.717) is 16.1 Å². The van der Waals surface area contributed by atoms with E-state index in [1.807, 2.05) is 0 Å². The van der Waals surface area contributed by atoms with Crippen LogP contribution in [0.3, 0.4) is 0 Å². The topological polar surface area (TPSA) is 97.5 Å². The number of amides is 2. The van der Waals surface area contributed by atoms with Gasteiger partial charge < -0.3 is 0 Å². The second-order valence-corrected chi connectivity index (χ2v) is 8.48. The van der Waals surface area contributed by atoms with E-state index in [9.17, 15) is 18.0 Å². The number of carbonyl (C=O) groups excluding carboxylic acids is 2. The van der Waals surface area contributed by atoms with Crippen molar-refractivity contribution in [1.82, 2.24) is 4.90 Å². The van der Waals surface area contributed by atoms with Gasteiger partial charge in [0.25, 0.3) is 11.8 Å². The van der Waals surface area contributed by atoms with Crippen LogP contribution in [-0.2, 0) is 26.2 Å². The molecule has 10 heteroatoms. The minimum atomic E-state index is -3.83. The summed E-state index contributed by atoms with van der Waals surface area (Å²) in [6.07, 6.45) is 0. The van der Waals surface area contributed by atoms with E-state index in [1.165, 1.54) is 42.5 Å². The molecule has 2 N–H and O–H groups in total. The van der Waals surface area contributed by atoms with E-state index in [1.54, 1.807) is 0 Å². The second kappa shape index (κ2) is 7.26. The van der Waals surface area contributed by atoms with Gasteiger partial charge >= 0.3 is 0 Å². The van der Waals surface area contributed by atoms with Gasteiger partial charge in [-0.2, -0.15) is 0 Å². The van der Waals surface area contributed by atoms with Crippen molar-refractivity contribution in [1.29, 1.82) is 0 Å². The van der Waals surface area contributed by atoms with E-state index in [-0.39, 0.29) is 27.1 Å². The summed E-state index contributed by atoms with van der Waals surface area (Å²) in [5.41, 5.74) is 0.818. The summed E-state index contributed by atoms with van der Waals surface area (Å²) < 4.78 is 22.6. The number of halogens is 3. The van der Waals surface area contributed by atoms with E-state index in [4.69, 9.17) is 39.9 Å². The fourth-order valence-electron chi connectivity index (χ4n) is 2.58. The number of hydrogen-bond donors (Lipinski definition) is 1. The Morgan fingerprint density at radius 3 is 2.11 bits per heavy atom. The molecule has 6 nitrogen and oxygen atoms in total. The minimum Gasteiger partial charge on any atom is -0.269 e. The van der Waals surface area contributed by atoms with E-state index >= 15 is 0 Å². The first kappa shape index (κ1) is 19.9. The molecule has 0 saturated carbocycles. The summed E-state index contributed by atoms with van der Waals surface area (Å²) >= 11 is 18.1. The molecule has 0 unspecified atom stereocenters. The molecule has 2 aromatic rings. The van der Waals surface area contributed by atoms with E-state index in [0.717, 1.165) is 4.90 Å². The van der Waals surface area contributed by atoms with Crippen LogP contribution in [0.4, 0.5) is 0 Å². The molecule has 0 bridgehead atoms. The summed E-state index contributed by atoms with van der Waals surface area (Å²) in [4.78, 5) is 26.1. The third-order valence-electron chi connectivity index (χ3n) is 3.90. The second-order valence-electron chi connectivity index (χ2n) is 5.70. The largest absolute Gasteiger partial charge is 0.273 e. The molecule has 140 valence electrons. The molecule has 1 aliphatic heterocycles. The van der Waals surface area contributed by atoms with Gasteiger partial charge in [-0.1, -0.05) is 53.0 Å². The van der Waals surface area contributed by atoms with Crippen molar-refractivity contribution in [2.45, 2.75) is 11.4 Å². The van der Waals surface area contributed by atoms with Crippen LogP contribution in [-0.4, -0.2) is 25.1 Å². The number of hydrogen-bond acceptors (Lipinski definition) is 4. The quantitative estimate of drug-likeness (QED) is 0.731. The Hall–Kier alpha value is -1.90. The molecule has 0 aliphatic carbocycles. The molecule has 0 fully saturated rings. The lowest BCUT2D eigenvalue weighted by Crippen LogP contribution is -2.30. The van der Waals surface area contributed by atoms with Crippen LogP contribution in [0, 0.1) is 0 Å². The minimum absolute atomic E-state index is 0.00973. The highest BCUT2D eigenvalue weighted by atomic mass is 35.5. The Kier molecular flexibility index (Phi) is 5.33. The fourth-order valence-corrected chi connectivity index (χ4v) is 3.89. The summed E-state index contributed by atoms with van der Waals surface area (Å²) in [6.45, 7) is -0.0898. The van der Waals surface area contributed by atoms with Gasteiger partial charge in [0.05, 0.1) is 22.0 Å². The SMILES string of the molecule is NS(=O)(=O)c1ccc(CN2C(=O)C(Cl)=C(c3ccc(Cl)cc3Cl)C2=O)cc1. The van der Waals surface area contributed by atoms with Crippen molar-refractivity contribution < 1.29 is 18.0 Å². The lowest BCUT2D eigenvalue weighted by molar-refractivity contribution is -0.137. The maximum Gasteiger partial charge on any atom is 0.273 e. The highest BCUT2D eigenvalue weighted by Crippen LogP contribution is 2.36. The van der Waals surface area contributed by atoms with E-state index < -0.39 is 21.8 Å². The Bertz CT molecular complexity index is 1100. The maximum atomic E-state index is 12.7. The fraction of sp³-hybridized carbons (Fsp3) is 0.0588. The molecule has 0 saturated heterocycles. The monoisotopic (exact) mass is 444 g/mol. The van der Waals surface area contributed by atoms with Gasteiger partial charge in [-0.3, -0.25) is 14.5 Å². The molecule has 3 rings (SSSR count). The average Bonchev–Trinajstić information content (AvgIpc) is 2.79. The first-order valence-corrected chi connectivity index (χ1v) is 10.1. The first-order valence-electron chi connectivity index (χ1n) is 7.42. The van der Waals surface area contributed by atoms with Crippen molar-refractivity contribution in [2.24, 2.45) is 5.14 Å². The Morgan fingerprint density at radius 2 is 1.56 bits per heavy atom. The standard InChI is InChI=1S/C17H11Cl3N2O4S/c18-10-3-6-12(13(19)7-10)14-15(20)17(24)22(16(14)23)8-9-1-4-11(5-2-9)27(21,25)26/h1-7H,8H2,(H2,21,25,26). The highest BCUT2D eigenvalue weighted by molar-refractivity contribution is 7.89. The lowest BCUT2D eigenvalue weighted by atomic mass is 10.1. The van der Waals surface area contributed by atoms with Crippen molar-refractivity contribution in [3.63, 3.8) is 0 Å². The summed E-state index contributed by atoms with van der Waals surface area (Å²) in [5, 5.41) is 5.37. The Balaban J connectivity index is 1.90. The average molecular weight is 446 g/mol. The van der Waals surface area contributed by atoms with Crippen LogP contribution in [0.1, 0.15) is 11.1 Å². The molecule has 0 radical (unpaired) electrons. The Labute approximate surface area is 170 Å². The number of carbonyl (C=O) groups is 2. The summed E-state index contributed by atoms with van der Waals surface area (Å²) in [6, 6.07) is 10.00. The normalized spacial score (nSPS) is 15.0. The predicted molar refractivity (Wildman–Crippen MR) is 103 cm³/mol. The van der Waals surface area contributed by atoms with Gasteiger partial charge in [-0.25, -0.2) is 13.6 Å². The van der Waals surface area contributed by atoms with Crippen LogP contribution >= 0.6 is 34.8 Å². The van der Waals surface area contributed by atoms with Crippen LogP contribution in [0.2, 0.25) is 10.0 Å². The summed E-state index contributed by atoms with van der Waals surface area (Å²) in [5.74, 6) is -1.28. The van der Waals surface area contributed by atoms with Crippen molar-refractivity contribution in [3.05, 3.63) is 68.7 Å².